The number of rotatable bonds is 4. The summed E-state index contributed by atoms with van der Waals surface area (Å²) in [7, 11) is 0. The zero-order valence-corrected chi connectivity index (χ0v) is 12.5. The van der Waals surface area contributed by atoms with Gasteiger partial charge in [0.2, 0.25) is 5.89 Å². The van der Waals surface area contributed by atoms with E-state index >= 15 is 0 Å². The fourth-order valence-electron chi connectivity index (χ4n) is 1.64. The fraction of sp³-hybridized carbons (Fsp3) is 0.400. The van der Waals surface area contributed by atoms with Crippen molar-refractivity contribution in [2.24, 2.45) is 0 Å². The van der Waals surface area contributed by atoms with Gasteiger partial charge in [0.25, 0.3) is 5.89 Å². The van der Waals surface area contributed by atoms with E-state index in [-0.39, 0.29) is 17.6 Å². The van der Waals surface area contributed by atoms with Gasteiger partial charge in [-0.1, -0.05) is 26.8 Å². The van der Waals surface area contributed by atoms with Crippen molar-refractivity contribution in [2.75, 3.05) is 0 Å². The number of carbonyl (C=O) groups is 1. The first-order valence-corrected chi connectivity index (χ1v) is 6.57. The minimum Gasteiger partial charge on any atom is -0.484 e. The molecule has 2 rings (SSSR count). The Balaban J connectivity index is 2.11. The molecule has 0 atom stereocenters. The van der Waals surface area contributed by atoms with Crippen LogP contribution in [0.2, 0.25) is 0 Å². The minimum atomic E-state index is -0.993. The van der Waals surface area contributed by atoms with Gasteiger partial charge in [-0.15, -0.1) is 10.2 Å². The van der Waals surface area contributed by atoms with Crippen molar-refractivity contribution in [2.45, 2.75) is 39.7 Å². The molecule has 0 unspecified atom stereocenters. The molecule has 0 aliphatic rings. The van der Waals surface area contributed by atoms with E-state index in [2.05, 4.69) is 10.2 Å². The maximum absolute atomic E-state index is 11.0. The third-order valence-electron chi connectivity index (χ3n) is 2.89. The third-order valence-corrected chi connectivity index (χ3v) is 2.89. The highest BCUT2D eigenvalue weighted by Gasteiger charge is 2.21. The predicted molar refractivity (Wildman–Crippen MR) is 75.5 cm³/mol. The van der Waals surface area contributed by atoms with Crippen molar-refractivity contribution in [1.29, 1.82) is 0 Å². The second-order valence-corrected chi connectivity index (χ2v) is 5.83. The van der Waals surface area contributed by atoms with Crippen LogP contribution in [0.1, 0.15) is 48.5 Å². The lowest BCUT2D eigenvalue weighted by Gasteiger charge is -2.11. The molecule has 0 aliphatic heterocycles. The van der Waals surface area contributed by atoms with E-state index in [9.17, 15) is 4.79 Å². The lowest BCUT2D eigenvalue weighted by Crippen LogP contribution is -2.11. The minimum absolute atomic E-state index is 0.104. The first kappa shape index (κ1) is 15.0. The topological polar surface area (TPSA) is 85.5 Å². The number of carboxylic acid groups (broad SMARTS) is 1. The quantitative estimate of drug-likeness (QED) is 0.931. The molecular formula is C15H18N2O4. The van der Waals surface area contributed by atoms with Crippen molar-refractivity contribution in [3.8, 4) is 5.75 Å². The highest BCUT2D eigenvalue weighted by molar-refractivity contribution is 5.88. The van der Waals surface area contributed by atoms with Crippen LogP contribution < -0.4 is 4.74 Å². The Kier molecular flexibility index (Phi) is 3.97. The van der Waals surface area contributed by atoms with Gasteiger partial charge in [0.05, 0.1) is 5.56 Å². The van der Waals surface area contributed by atoms with Gasteiger partial charge in [0.15, 0.2) is 6.61 Å². The van der Waals surface area contributed by atoms with Gasteiger partial charge >= 0.3 is 5.97 Å². The summed E-state index contributed by atoms with van der Waals surface area (Å²) in [4.78, 5) is 11.0. The zero-order valence-electron chi connectivity index (χ0n) is 12.5. The number of hydrogen-bond donors (Lipinski definition) is 1. The molecule has 1 heterocycles. The zero-order chi connectivity index (χ0) is 15.6. The number of ether oxygens (including phenoxy) is 1. The number of aryl methyl sites for hydroxylation is 1. The summed E-state index contributed by atoms with van der Waals surface area (Å²) in [5.74, 6) is 0.398. The lowest BCUT2D eigenvalue weighted by atomic mass is 9.97. The van der Waals surface area contributed by atoms with E-state index in [1.165, 1.54) is 12.1 Å². The van der Waals surface area contributed by atoms with Crippen molar-refractivity contribution >= 4 is 5.97 Å². The molecule has 0 radical (unpaired) electrons. The maximum Gasteiger partial charge on any atom is 0.335 e. The van der Waals surface area contributed by atoms with Gasteiger partial charge < -0.3 is 14.3 Å². The molecule has 0 aliphatic carbocycles. The molecule has 1 N–H and O–H groups in total. The SMILES string of the molecule is Cc1ccc(C(=O)O)cc1OCc1nnc(C(C)(C)C)o1. The number of hydrogen-bond acceptors (Lipinski definition) is 5. The van der Waals surface area contributed by atoms with Crippen LogP contribution in [0.3, 0.4) is 0 Å². The van der Waals surface area contributed by atoms with Gasteiger partial charge in [-0.3, -0.25) is 0 Å². The van der Waals surface area contributed by atoms with Crippen LogP contribution in [-0.4, -0.2) is 21.3 Å². The summed E-state index contributed by atoms with van der Waals surface area (Å²) in [6.45, 7) is 7.88. The Hall–Kier alpha value is -2.37. The molecule has 0 amide bonds. The summed E-state index contributed by atoms with van der Waals surface area (Å²) in [6.07, 6.45) is 0. The second-order valence-electron chi connectivity index (χ2n) is 5.83. The van der Waals surface area contributed by atoms with E-state index in [0.717, 1.165) is 5.56 Å². The fourth-order valence-corrected chi connectivity index (χ4v) is 1.64. The number of nitrogens with zero attached hydrogens (tertiary/aromatic N) is 2. The van der Waals surface area contributed by atoms with Gasteiger partial charge in [-0.2, -0.15) is 0 Å². The monoisotopic (exact) mass is 290 g/mol. The number of aromatic nitrogens is 2. The first-order chi connectivity index (χ1) is 9.77. The molecule has 6 nitrogen and oxygen atoms in total. The van der Waals surface area contributed by atoms with Crippen LogP contribution in [0.5, 0.6) is 5.75 Å². The molecule has 2 aromatic rings. The molecule has 6 heteroatoms. The summed E-state index contributed by atoms with van der Waals surface area (Å²) in [5, 5.41) is 16.9. The Morgan fingerprint density at radius 3 is 2.62 bits per heavy atom. The molecule has 21 heavy (non-hydrogen) atoms. The summed E-state index contributed by atoms with van der Waals surface area (Å²) in [5.41, 5.74) is 0.803. The van der Waals surface area contributed by atoms with Gasteiger partial charge in [0, 0.05) is 5.41 Å². The molecule has 0 saturated heterocycles. The van der Waals surface area contributed by atoms with Crippen LogP contribution in [0.15, 0.2) is 22.6 Å². The molecule has 0 bridgehead atoms. The highest BCUT2D eigenvalue weighted by atomic mass is 16.5. The van der Waals surface area contributed by atoms with Gasteiger partial charge in [0.1, 0.15) is 5.75 Å². The van der Waals surface area contributed by atoms with E-state index < -0.39 is 5.97 Å². The van der Waals surface area contributed by atoms with Crippen LogP contribution in [0.25, 0.3) is 0 Å². The Labute approximate surface area is 122 Å². The number of aromatic carboxylic acids is 1. The molecule has 0 spiro atoms. The van der Waals surface area contributed by atoms with Crippen molar-refractivity contribution < 1.29 is 19.1 Å². The molecular weight excluding hydrogens is 272 g/mol. The Morgan fingerprint density at radius 1 is 1.33 bits per heavy atom. The molecule has 1 aromatic carbocycles. The predicted octanol–water partition coefficient (Wildman–Crippen LogP) is 2.95. The Bertz CT molecular complexity index is 656. The molecule has 0 saturated carbocycles. The average Bonchev–Trinajstić information content (AvgIpc) is 2.86. The van der Waals surface area contributed by atoms with Gasteiger partial charge in [-0.05, 0) is 24.6 Å². The standard InChI is InChI=1S/C15H18N2O4/c1-9-5-6-10(13(18)19)7-11(9)20-8-12-16-17-14(21-12)15(2,3)4/h5-7H,8H2,1-4H3,(H,18,19). The summed E-state index contributed by atoms with van der Waals surface area (Å²) < 4.78 is 11.1. The van der Waals surface area contributed by atoms with Crippen molar-refractivity contribution in [3.63, 3.8) is 0 Å². The third kappa shape index (κ3) is 3.59. The maximum atomic E-state index is 11.0. The van der Waals surface area contributed by atoms with Crippen LogP contribution in [0, 0.1) is 6.92 Å². The number of carboxylic acids is 1. The number of benzene rings is 1. The normalized spacial score (nSPS) is 11.4. The first-order valence-electron chi connectivity index (χ1n) is 6.57. The van der Waals surface area contributed by atoms with Crippen molar-refractivity contribution in [1.82, 2.24) is 10.2 Å². The highest BCUT2D eigenvalue weighted by Crippen LogP contribution is 2.23. The van der Waals surface area contributed by atoms with Crippen molar-refractivity contribution in [3.05, 3.63) is 41.1 Å². The summed E-state index contributed by atoms with van der Waals surface area (Å²) >= 11 is 0. The van der Waals surface area contributed by atoms with E-state index in [0.29, 0.717) is 17.5 Å². The molecule has 1 aromatic heterocycles. The van der Waals surface area contributed by atoms with Crippen LogP contribution in [-0.2, 0) is 12.0 Å². The second kappa shape index (κ2) is 5.55. The largest absolute Gasteiger partial charge is 0.484 e. The molecule has 0 fully saturated rings. The Morgan fingerprint density at radius 2 is 2.05 bits per heavy atom. The van der Waals surface area contributed by atoms with Crippen LogP contribution in [0.4, 0.5) is 0 Å². The van der Waals surface area contributed by atoms with E-state index in [1.807, 2.05) is 27.7 Å². The smallest absolute Gasteiger partial charge is 0.335 e. The van der Waals surface area contributed by atoms with Gasteiger partial charge in [-0.25, -0.2) is 4.79 Å². The summed E-state index contributed by atoms with van der Waals surface area (Å²) in [6, 6.07) is 4.72. The lowest BCUT2D eigenvalue weighted by molar-refractivity contribution is 0.0696. The average molecular weight is 290 g/mol. The van der Waals surface area contributed by atoms with Crippen LogP contribution >= 0.6 is 0 Å². The van der Waals surface area contributed by atoms with E-state index in [1.54, 1.807) is 6.07 Å². The van der Waals surface area contributed by atoms with E-state index in [4.69, 9.17) is 14.3 Å². The molecule has 112 valence electrons.